The summed E-state index contributed by atoms with van der Waals surface area (Å²) >= 11 is 1.24. The number of pyridine rings is 1. The van der Waals surface area contributed by atoms with Gasteiger partial charge in [-0.3, -0.25) is 4.90 Å². The number of hydrogen-bond acceptors (Lipinski definition) is 6. The van der Waals surface area contributed by atoms with Gasteiger partial charge in [0.2, 0.25) is 5.88 Å². The predicted molar refractivity (Wildman–Crippen MR) is 137 cm³/mol. The van der Waals surface area contributed by atoms with Crippen LogP contribution in [0.25, 0.3) is 0 Å². The van der Waals surface area contributed by atoms with Crippen molar-refractivity contribution in [1.29, 1.82) is 0 Å². The molecule has 1 saturated heterocycles. The molecule has 2 fully saturated rings. The molecule has 0 radical (unpaired) electrons. The molecular formula is C27H35N3O3S. The summed E-state index contributed by atoms with van der Waals surface area (Å²) in [6.45, 7) is 9.34. The van der Waals surface area contributed by atoms with E-state index in [-0.39, 0.29) is 17.6 Å². The molecule has 2 aliphatic rings. The maximum Gasteiger partial charge on any atom is 0.348 e. The number of ether oxygens (including phenoxy) is 1. The molecule has 2 aromatic heterocycles. The molecule has 0 bridgehead atoms. The number of carbonyl (C=O) groups is 1. The average Bonchev–Trinajstić information content (AvgIpc) is 3.43. The van der Waals surface area contributed by atoms with Crippen molar-refractivity contribution in [3.05, 3.63) is 39.7 Å². The first-order chi connectivity index (χ1) is 16.2. The molecule has 7 heteroatoms. The highest BCUT2D eigenvalue weighted by molar-refractivity contribution is 7.15. The standard InChI is InChI=1S/C27H35N3O3S/c1-27(2,3)14-13-22-17-23(25(34-22)26(31)32)28-19-9-11-21(12-10-19)33-24-8-6-7-20(29-24)18-30-15-4-5-16-30/h6-8,17,19,21,28H,4-5,9-12,15-16,18H2,1-3H3,(H,31,32)/t19-,21-. The van der Waals surface area contributed by atoms with Crippen molar-refractivity contribution < 1.29 is 14.6 Å². The SMILES string of the molecule is CC(C)(C)C#Cc1cc(N[C@H]2CC[C@H](Oc3cccc(CN4CCCC4)n3)CC2)c(C(=O)O)s1. The highest BCUT2D eigenvalue weighted by atomic mass is 32.1. The van der Waals surface area contributed by atoms with Crippen molar-refractivity contribution in [3.8, 4) is 17.7 Å². The maximum atomic E-state index is 11.8. The summed E-state index contributed by atoms with van der Waals surface area (Å²) in [7, 11) is 0. The molecule has 3 heterocycles. The molecule has 182 valence electrons. The molecule has 0 amide bonds. The largest absolute Gasteiger partial charge is 0.477 e. The van der Waals surface area contributed by atoms with E-state index in [2.05, 4.69) is 28.1 Å². The fraction of sp³-hybridized carbons (Fsp3) is 0.556. The maximum absolute atomic E-state index is 11.8. The minimum atomic E-state index is -0.909. The van der Waals surface area contributed by atoms with Crippen molar-refractivity contribution >= 4 is 23.0 Å². The highest BCUT2D eigenvalue weighted by Gasteiger charge is 2.25. The molecule has 0 atom stereocenters. The van der Waals surface area contributed by atoms with E-state index in [0.717, 1.165) is 55.9 Å². The van der Waals surface area contributed by atoms with Crippen LogP contribution in [0.1, 0.15) is 79.5 Å². The van der Waals surface area contributed by atoms with Gasteiger partial charge in [-0.1, -0.05) is 17.9 Å². The number of hydrogen-bond donors (Lipinski definition) is 2. The molecule has 34 heavy (non-hydrogen) atoms. The molecule has 0 spiro atoms. The molecule has 2 aromatic rings. The minimum Gasteiger partial charge on any atom is -0.477 e. The Labute approximate surface area is 206 Å². The van der Waals surface area contributed by atoms with Gasteiger partial charge in [0.15, 0.2) is 0 Å². The molecule has 4 rings (SSSR count). The first-order valence-electron chi connectivity index (χ1n) is 12.3. The summed E-state index contributed by atoms with van der Waals surface area (Å²) in [6.07, 6.45) is 6.38. The van der Waals surface area contributed by atoms with Gasteiger partial charge in [-0.15, -0.1) is 11.3 Å². The fourth-order valence-corrected chi connectivity index (χ4v) is 5.28. The Morgan fingerprint density at radius 3 is 2.65 bits per heavy atom. The number of carboxylic acids is 1. The van der Waals surface area contributed by atoms with Crippen molar-refractivity contribution in [3.63, 3.8) is 0 Å². The number of nitrogens with zero attached hydrogens (tertiary/aromatic N) is 2. The van der Waals surface area contributed by atoms with Gasteiger partial charge in [0.05, 0.1) is 16.3 Å². The summed E-state index contributed by atoms with van der Waals surface area (Å²) < 4.78 is 6.22. The van der Waals surface area contributed by atoms with Crippen LogP contribution in [0.4, 0.5) is 5.69 Å². The summed E-state index contributed by atoms with van der Waals surface area (Å²) in [5, 5.41) is 13.1. The number of aromatic nitrogens is 1. The molecule has 1 saturated carbocycles. The van der Waals surface area contributed by atoms with Crippen LogP contribution in [0, 0.1) is 17.3 Å². The zero-order chi connectivity index (χ0) is 24.1. The molecule has 2 N–H and O–H groups in total. The Kier molecular flexibility index (Phi) is 7.80. The van der Waals surface area contributed by atoms with Crippen LogP contribution in [0.3, 0.4) is 0 Å². The van der Waals surface area contributed by atoms with Gasteiger partial charge in [-0.05, 0) is 84.5 Å². The van der Waals surface area contributed by atoms with Crippen molar-refractivity contribution in [2.75, 3.05) is 18.4 Å². The number of likely N-dealkylation sites (tertiary alicyclic amines) is 1. The third-order valence-corrected chi connectivity index (χ3v) is 7.21. The molecule has 1 aliphatic carbocycles. The van der Waals surface area contributed by atoms with E-state index in [9.17, 15) is 9.90 Å². The van der Waals surface area contributed by atoms with Gasteiger partial charge in [0, 0.05) is 24.1 Å². The lowest BCUT2D eigenvalue weighted by Crippen LogP contribution is -2.31. The Balaban J connectivity index is 1.31. The number of anilines is 1. The second-order valence-corrected chi connectivity index (χ2v) is 11.4. The molecular weight excluding hydrogens is 446 g/mol. The smallest absolute Gasteiger partial charge is 0.348 e. The lowest BCUT2D eigenvalue weighted by Gasteiger charge is -2.29. The fourth-order valence-electron chi connectivity index (χ4n) is 4.46. The summed E-state index contributed by atoms with van der Waals surface area (Å²) in [5.74, 6) is 6.12. The van der Waals surface area contributed by atoms with E-state index < -0.39 is 5.97 Å². The molecule has 6 nitrogen and oxygen atoms in total. The number of thiophene rings is 1. The second-order valence-electron chi connectivity index (χ2n) is 10.3. The van der Waals surface area contributed by atoms with Gasteiger partial charge < -0.3 is 15.2 Å². The first-order valence-corrected chi connectivity index (χ1v) is 13.1. The van der Waals surface area contributed by atoms with Gasteiger partial charge in [0.25, 0.3) is 0 Å². The minimum absolute atomic E-state index is 0.123. The Morgan fingerprint density at radius 1 is 1.24 bits per heavy atom. The van der Waals surface area contributed by atoms with Gasteiger partial charge in [0.1, 0.15) is 11.0 Å². The Bertz CT molecular complexity index is 1050. The highest BCUT2D eigenvalue weighted by Crippen LogP contribution is 2.31. The van der Waals surface area contributed by atoms with Crippen molar-refractivity contribution in [2.45, 2.75) is 78.0 Å². The van der Waals surface area contributed by atoms with Gasteiger partial charge >= 0.3 is 5.97 Å². The van der Waals surface area contributed by atoms with Crippen LogP contribution in [0.2, 0.25) is 0 Å². The summed E-state index contributed by atoms with van der Waals surface area (Å²) in [5.41, 5.74) is 1.62. The van der Waals surface area contributed by atoms with E-state index in [1.54, 1.807) is 0 Å². The summed E-state index contributed by atoms with van der Waals surface area (Å²) in [4.78, 5) is 20.0. The lowest BCUT2D eigenvalue weighted by atomic mass is 9.92. The van der Waals surface area contributed by atoms with Gasteiger partial charge in [-0.2, -0.15) is 0 Å². The zero-order valence-corrected chi connectivity index (χ0v) is 21.2. The van der Waals surface area contributed by atoms with E-state index >= 15 is 0 Å². The number of rotatable bonds is 7. The van der Waals surface area contributed by atoms with Crippen molar-refractivity contribution in [1.82, 2.24) is 9.88 Å². The van der Waals surface area contributed by atoms with E-state index in [1.807, 2.05) is 39.0 Å². The van der Waals surface area contributed by atoms with Crippen LogP contribution >= 0.6 is 11.3 Å². The van der Waals surface area contributed by atoms with Crippen LogP contribution in [0.5, 0.6) is 5.88 Å². The molecule has 1 aliphatic heterocycles. The normalized spacial score (nSPS) is 21.0. The monoisotopic (exact) mass is 481 g/mol. The molecule has 0 unspecified atom stereocenters. The topological polar surface area (TPSA) is 74.7 Å². The average molecular weight is 482 g/mol. The second kappa shape index (κ2) is 10.8. The third-order valence-electron chi connectivity index (χ3n) is 6.17. The van der Waals surface area contributed by atoms with Crippen LogP contribution in [-0.2, 0) is 6.54 Å². The zero-order valence-electron chi connectivity index (χ0n) is 20.4. The van der Waals surface area contributed by atoms with Crippen molar-refractivity contribution in [2.24, 2.45) is 5.41 Å². The summed E-state index contributed by atoms with van der Waals surface area (Å²) in [6, 6.07) is 8.16. The van der Waals surface area contributed by atoms with E-state index in [1.165, 1.54) is 24.2 Å². The van der Waals surface area contributed by atoms with Gasteiger partial charge in [-0.25, -0.2) is 9.78 Å². The van der Waals surface area contributed by atoms with Crippen LogP contribution in [0.15, 0.2) is 24.3 Å². The predicted octanol–water partition coefficient (Wildman–Crippen LogP) is 5.64. The lowest BCUT2D eigenvalue weighted by molar-refractivity contribution is 0.0703. The number of carboxylic acid groups (broad SMARTS) is 1. The van der Waals surface area contributed by atoms with Crippen LogP contribution in [-0.4, -0.2) is 46.2 Å². The Hall–Kier alpha value is -2.56. The van der Waals surface area contributed by atoms with E-state index in [0.29, 0.717) is 16.4 Å². The number of aromatic carboxylic acids is 1. The first kappa shape index (κ1) is 24.6. The van der Waals surface area contributed by atoms with E-state index in [4.69, 9.17) is 9.72 Å². The third kappa shape index (κ3) is 6.97. The quantitative estimate of drug-likeness (QED) is 0.499. The Morgan fingerprint density at radius 2 is 1.97 bits per heavy atom. The molecule has 0 aromatic carbocycles. The number of nitrogens with one attached hydrogen (secondary N) is 1. The van der Waals surface area contributed by atoms with Crippen LogP contribution < -0.4 is 10.1 Å².